The quantitative estimate of drug-likeness (QED) is 0.527. The summed E-state index contributed by atoms with van der Waals surface area (Å²) >= 11 is 0. The van der Waals surface area contributed by atoms with Gasteiger partial charge < -0.3 is 4.74 Å². The van der Waals surface area contributed by atoms with Gasteiger partial charge in [0.2, 0.25) is 6.54 Å². The number of methoxy groups -OCH3 is 1. The third kappa shape index (κ3) is 2.43. The van der Waals surface area contributed by atoms with Gasteiger partial charge in [-0.1, -0.05) is 12.1 Å². The highest BCUT2D eigenvalue weighted by Crippen LogP contribution is 2.19. The van der Waals surface area contributed by atoms with E-state index in [-0.39, 0.29) is 11.5 Å². The number of nitro groups is 1. The summed E-state index contributed by atoms with van der Waals surface area (Å²) in [5.41, 5.74) is 1.64. The molecule has 0 saturated heterocycles. The van der Waals surface area contributed by atoms with E-state index < -0.39 is 0 Å². The van der Waals surface area contributed by atoms with Crippen LogP contribution in [0.15, 0.2) is 18.2 Å². The van der Waals surface area contributed by atoms with Crippen LogP contribution in [0.5, 0.6) is 5.75 Å². The number of nitrogens with zero attached hydrogens (tertiary/aromatic N) is 1. The van der Waals surface area contributed by atoms with Crippen molar-refractivity contribution in [1.82, 2.24) is 0 Å². The van der Waals surface area contributed by atoms with Crippen LogP contribution in [0.4, 0.5) is 0 Å². The van der Waals surface area contributed by atoms with Crippen LogP contribution < -0.4 is 4.74 Å². The van der Waals surface area contributed by atoms with Crippen molar-refractivity contribution in [3.63, 3.8) is 0 Å². The summed E-state index contributed by atoms with van der Waals surface area (Å²) in [5.74, 6) is 0.694. The smallest absolute Gasteiger partial charge is 0.229 e. The van der Waals surface area contributed by atoms with E-state index in [0.717, 1.165) is 5.56 Å². The molecule has 0 aliphatic rings. The molecule has 0 bridgehead atoms. The summed E-state index contributed by atoms with van der Waals surface area (Å²) in [7, 11) is 1.55. The van der Waals surface area contributed by atoms with Gasteiger partial charge in [0.05, 0.1) is 7.11 Å². The fourth-order valence-electron chi connectivity index (χ4n) is 1.11. The van der Waals surface area contributed by atoms with Crippen LogP contribution >= 0.6 is 0 Å². The van der Waals surface area contributed by atoms with Gasteiger partial charge in [-0.15, -0.1) is 0 Å². The lowest BCUT2D eigenvalue weighted by atomic mass is 10.1. The summed E-state index contributed by atoms with van der Waals surface area (Å²) in [6.07, 6.45) is 0. The second-order valence-corrected chi connectivity index (χ2v) is 2.79. The van der Waals surface area contributed by atoms with E-state index in [1.54, 1.807) is 19.2 Å². The molecular weight excluding hydrogens is 170 g/mol. The highest BCUT2D eigenvalue weighted by atomic mass is 16.6. The molecule has 0 saturated carbocycles. The van der Waals surface area contributed by atoms with Crippen LogP contribution in [0.2, 0.25) is 0 Å². The molecule has 0 amide bonds. The van der Waals surface area contributed by atoms with Crippen molar-refractivity contribution in [2.75, 3.05) is 7.11 Å². The van der Waals surface area contributed by atoms with Gasteiger partial charge in [0.15, 0.2) is 0 Å². The molecule has 0 aliphatic heterocycles. The second kappa shape index (κ2) is 3.89. The summed E-state index contributed by atoms with van der Waals surface area (Å²) < 4.78 is 5.04. The zero-order valence-electron chi connectivity index (χ0n) is 7.61. The van der Waals surface area contributed by atoms with Gasteiger partial charge in [0, 0.05) is 10.5 Å². The van der Waals surface area contributed by atoms with Gasteiger partial charge >= 0.3 is 0 Å². The van der Waals surface area contributed by atoms with E-state index in [9.17, 15) is 10.1 Å². The molecule has 0 aromatic heterocycles. The summed E-state index contributed by atoms with van der Waals surface area (Å²) in [4.78, 5) is 9.86. The number of aryl methyl sites for hydroxylation is 1. The third-order valence-corrected chi connectivity index (χ3v) is 1.78. The highest BCUT2D eigenvalue weighted by Gasteiger charge is 2.04. The molecule has 13 heavy (non-hydrogen) atoms. The lowest BCUT2D eigenvalue weighted by Crippen LogP contribution is -1.99. The van der Waals surface area contributed by atoms with Crippen LogP contribution in [-0.2, 0) is 6.54 Å². The first-order chi connectivity index (χ1) is 6.13. The van der Waals surface area contributed by atoms with Crippen molar-refractivity contribution in [1.29, 1.82) is 0 Å². The molecule has 1 rings (SSSR count). The SMILES string of the molecule is COc1cc(C[N+](=O)[O-])ccc1C. The average molecular weight is 181 g/mol. The van der Waals surface area contributed by atoms with Crippen LogP contribution in [0, 0.1) is 17.0 Å². The zero-order valence-corrected chi connectivity index (χ0v) is 7.61. The van der Waals surface area contributed by atoms with Crippen molar-refractivity contribution in [3.8, 4) is 5.75 Å². The Balaban J connectivity index is 2.92. The van der Waals surface area contributed by atoms with Crippen molar-refractivity contribution in [3.05, 3.63) is 39.4 Å². The summed E-state index contributed by atoms with van der Waals surface area (Å²) in [5, 5.41) is 10.2. The second-order valence-electron chi connectivity index (χ2n) is 2.79. The third-order valence-electron chi connectivity index (χ3n) is 1.78. The van der Waals surface area contributed by atoms with Gasteiger partial charge in [-0.25, -0.2) is 0 Å². The van der Waals surface area contributed by atoms with Crippen molar-refractivity contribution in [2.45, 2.75) is 13.5 Å². The minimum Gasteiger partial charge on any atom is -0.496 e. The van der Waals surface area contributed by atoms with E-state index in [0.29, 0.717) is 11.3 Å². The first-order valence-electron chi connectivity index (χ1n) is 3.89. The van der Waals surface area contributed by atoms with Crippen molar-refractivity contribution in [2.24, 2.45) is 0 Å². The molecule has 0 heterocycles. The Morgan fingerprint density at radius 2 is 2.23 bits per heavy atom. The van der Waals surface area contributed by atoms with E-state index in [1.807, 2.05) is 13.0 Å². The fourth-order valence-corrected chi connectivity index (χ4v) is 1.11. The van der Waals surface area contributed by atoms with Gasteiger partial charge in [-0.3, -0.25) is 10.1 Å². The molecule has 0 fully saturated rings. The van der Waals surface area contributed by atoms with E-state index in [1.165, 1.54) is 0 Å². The fraction of sp³-hybridized carbons (Fsp3) is 0.333. The Bertz CT molecular complexity index is 323. The maximum absolute atomic E-state index is 10.2. The van der Waals surface area contributed by atoms with Crippen molar-refractivity contribution < 1.29 is 9.66 Å². The van der Waals surface area contributed by atoms with Gasteiger partial charge in [0.1, 0.15) is 5.75 Å². The standard InChI is InChI=1S/C9H11NO3/c1-7-3-4-8(6-10(11)12)5-9(7)13-2/h3-5H,6H2,1-2H3. The Hall–Kier alpha value is -1.58. The Morgan fingerprint density at radius 1 is 1.54 bits per heavy atom. The number of hydrogen-bond donors (Lipinski definition) is 0. The molecule has 0 radical (unpaired) electrons. The van der Waals surface area contributed by atoms with E-state index >= 15 is 0 Å². The van der Waals surface area contributed by atoms with Gasteiger partial charge in [-0.2, -0.15) is 0 Å². The number of rotatable bonds is 3. The zero-order chi connectivity index (χ0) is 9.84. The molecule has 70 valence electrons. The van der Waals surface area contributed by atoms with E-state index in [4.69, 9.17) is 4.74 Å². The highest BCUT2D eigenvalue weighted by molar-refractivity contribution is 5.36. The lowest BCUT2D eigenvalue weighted by molar-refractivity contribution is -0.496. The summed E-state index contributed by atoms with van der Waals surface area (Å²) in [6.45, 7) is 1.74. The topological polar surface area (TPSA) is 52.4 Å². The van der Waals surface area contributed by atoms with Crippen LogP contribution in [-0.4, -0.2) is 12.0 Å². The van der Waals surface area contributed by atoms with Crippen molar-refractivity contribution >= 4 is 0 Å². The lowest BCUT2D eigenvalue weighted by Gasteiger charge is -2.04. The molecule has 1 aromatic carbocycles. The maximum atomic E-state index is 10.2. The largest absolute Gasteiger partial charge is 0.496 e. The number of benzene rings is 1. The molecule has 4 nitrogen and oxygen atoms in total. The maximum Gasteiger partial charge on any atom is 0.229 e. The predicted molar refractivity (Wildman–Crippen MR) is 48.4 cm³/mol. The van der Waals surface area contributed by atoms with Crippen LogP contribution in [0.1, 0.15) is 11.1 Å². The molecule has 0 spiro atoms. The van der Waals surface area contributed by atoms with Crippen LogP contribution in [0.3, 0.4) is 0 Å². The number of ether oxygens (including phenoxy) is 1. The molecule has 4 heteroatoms. The van der Waals surface area contributed by atoms with Gasteiger partial charge in [0.25, 0.3) is 0 Å². The predicted octanol–water partition coefficient (Wildman–Crippen LogP) is 1.78. The Labute approximate surface area is 76.3 Å². The van der Waals surface area contributed by atoms with E-state index in [2.05, 4.69) is 0 Å². The average Bonchev–Trinajstić information content (AvgIpc) is 2.07. The first-order valence-corrected chi connectivity index (χ1v) is 3.89. The molecule has 0 aliphatic carbocycles. The normalized spacial score (nSPS) is 9.69. The molecule has 0 atom stereocenters. The monoisotopic (exact) mass is 181 g/mol. The Morgan fingerprint density at radius 3 is 2.77 bits per heavy atom. The minimum atomic E-state index is -0.357. The van der Waals surface area contributed by atoms with Crippen LogP contribution in [0.25, 0.3) is 0 Å². The Kier molecular flexibility index (Phi) is 2.84. The molecule has 0 N–H and O–H groups in total. The molecule has 1 aromatic rings. The summed E-state index contributed by atoms with van der Waals surface area (Å²) in [6, 6.07) is 5.25. The first kappa shape index (κ1) is 9.51. The minimum absolute atomic E-state index is 0.156. The number of hydrogen-bond acceptors (Lipinski definition) is 3. The molecular formula is C9H11NO3. The van der Waals surface area contributed by atoms with Gasteiger partial charge in [-0.05, 0) is 18.6 Å². The molecule has 0 unspecified atom stereocenters.